The molecule has 0 aliphatic carbocycles. The summed E-state index contributed by atoms with van der Waals surface area (Å²) in [4.78, 5) is 8.57. The van der Waals surface area contributed by atoms with Crippen molar-refractivity contribution in [3.05, 3.63) is 46.9 Å². The maximum atomic E-state index is 14.8. The number of likely N-dealkylation sites (tertiary alicyclic amines) is 1. The predicted octanol–water partition coefficient (Wildman–Crippen LogP) is 3.88. The third kappa shape index (κ3) is 2.82. The maximum Gasteiger partial charge on any atom is 0.257 e. The van der Waals surface area contributed by atoms with E-state index in [1.54, 1.807) is 17.5 Å². The molecule has 0 N–H and O–H groups in total. The van der Waals surface area contributed by atoms with Crippen LogP contribution in [0, 0.1) is 5.41 Å². The van der Waals surface area contributed by atoms with Crippen LogP contribution in [0.25, 0.3) is 0 Å². The fourth-order valence-electron chi connectivity index (χ4n) is 4.00. The molecule has 3 heterocycles. The van der Waals surface area contributed by atoms with E-state index in [0.29, 0.717) is 39.1 Å². The topological polar surface area (TPSA) is 19.4 Å². The summed E-state index contributed by atoms with van der Waals surface area (Å²) in [7, 11) is 0. The molecule has 4 rings (SSSR count). The van der Waals surface area contributed by atoms with Crippen LogP contribution >= 0.6 is 11.3 Å². The highest BCUT2D eigenvalue weighted by Gasteiger charge is 2.59. The Bertz CT molecular complexity index is 677. The largest absolute Gasteiger partial charge is 0.371 e. The lowest BCUT2D eigenvalue weighted by molar-refractivity contribution is -0.158. The highest BCUT2D eigenvalue weighted by atomic mass is 32.1. The Morgan fingerprint density at radius 1 is 1.08 bits per heavy atom. The molecule has 2 fully saturated rings. The molecule has 128 valence electrons. The molecule has 2 aromatic rings. The van der Waals surface area contributed by atoms with Gasteiger partial charge in [-0.05, 0) is 18.6 Å². The normalized spacial score (nSPS) is 27.0. The van der Waals surface area contributed by atoms with Crippen LogP contribution in [0.3, 0.4) is 0 Å². The minimum absolute atomic E-state index is 0.0546. The van der Waals surface area contributed by atoms with Gasteiger partial charge < -0.3 is 4.90 Å². The van der Waals surface area contributed by atoms with E-state index in [0.717, 1.165) is 10.7 Å². The molecular weight excluding hydrogens is 328 g/mol. The van der Waals surface area contributed by atoms with Gasteiger partial charge in [0.1, 0.15) is 5.01 Å². The van der Waals surface area contributed by atoms with Crippen LogP contribution in [0.1, 0.15) is 17.8 Å². The molecule has 24 heavy (non-hydrogen) atoms. The second kappa shape index (κ2) is 6.08. The first-order valence-corrected chi connectivity index (χ1v) is 9.25. The summed E-state index contributed by atoms with van der Waals surface area (Å²) in [6.07, 6.45) is 2.27. The van der Waals surface area contributed by atoms with E-state index < -0.39 is 11.3 Å². The molecule has 1 aromatic carbocycles. The van der Waals surface area contributed by atoms with Crippen LogP contribution in [-0.4, -0.2) is 42.0 Å². The number of piperidine rings is 1. The summed E-state index contributed by atoms with van der Waals surface area (Å²) in [6.45, 7) is 2.70. The van der Waals surface area contributed by atoms with Gasteiger partial charge in [0.25, 0.3) is 5.92 Å². The average molecular weight is 349 g/mol. The molecule has 3 nitrogen and oxygen atoms in total. The van der Waals surface area contributed by atoms with Crippen molar-refractivity contribution in [2.75, 3.05) is 31.1 Å². The first-order chi connectivity index (χ1) is 11.6. The summed E-state index contributed by atoms with van der Waals surface area (Å²) in [5.74, 6) is -2.60. The highest BCUT2D eigenvalue weighted by molar-refractivity contribution is 7.09. The van der Waals surface area contributed by atoms with Crippen LogP contribution in [0.15, 0.2) is 41.9 Å². The van der Waals surface area contributed by atoms with E-state index >= 15 is 0 Å². The van der Waals surface area contributed by atoms with Crippen molar-refractivity contribution in [1.29, 1.82) is 0 Å². The van der Waals surface area contributed by atoms with Crippen molar-refractivity contribution in [2.24, 2.45) is 5.41 Å². The minimum Gasteiger partial charge on any atom is -0.371 e. The zero-order valence-electron chi connectivity index (χ0n) is 13.5. The van der Waals surface area contributed by atoms with Gasteiger partial charge in [0.15, 0.2) is 0 Å². The number of aromatic nitrogens is 1. The number of alkyl halides is 2. The van der Waals surface area contributed by atoms with Crippen molar-refractivity contribution in [3.63, 3.8) is 0 Å². The Morgan fingerprint density at radius 2 is 1.92 bits per heavy atom. The molecule has 1 atom stereocenters. The summed E-state index contributed by atoms with van der Waals surface area (Å²) < 4.78 is 29.7. The van der Waals surface area contributed by atoms with Gasteiger partial charge in [0.05, 0.1) is 12.0 Å². The van der Waals surface area contributed by atoms with Crippen LogP contribution in [0.4, 0.5) is 14.5 Å². The van der Waals surface area contributed by atoms with E-state index in [1.165, 1.54) is 0 Å². The smallest absolute Gasteiger partial charge is 0.257 e. The van der Waals surface area contributed by atoms with Crippen molar-refractivity contribution in [2.45, 2.75) is 25.3 Å². The SMILES string of the molecule is FC1(F)CCN(Cc2nccs2)C[C@@]12CCN(c1ccccc1)C2. The number of thiazole rings is 1. The third-order valence-corrected chi connectivity index (χ3v) is 6.13. The summed E-state index contributed by atoms with van der Waals surface area (Å²) in [6, 6.07) is 9.91. The second-order valence-electron chi connectivity index (χ2n) is 6.88. The van der Waals surface area contributed by atoms with Gasteiger partial charge in [-0.3, -0.25) is 4.90 Å². The van der Waals surface area contributed by atoms with Crippen LogP contribution in [0.5, 0.6) is 0 Å². The zero-order chi connectivity index (χ0) is 16.6. The number of benzene rings is 1. The Hall–Kier alpha value is -1.53. The molecule has 6 heteroatoms. The van der Waals surface area contributed by atoms with Gasteiger partial charge in [0.2, 0.25) is 0 Å². The quantitative estimate of drug-likeness (QED) is 0.838. The second-order valence-corrected chi connectivity index (χ2v) is 7.86. The first-order valence-electron chi connectivity index (χ1n) is 8.37. The number of nitrogens with zero attached hydrogens (tertiary/aromatic N) is 3. The Kier molecular flexibility index (Phi) is 4.04. The summed E-state index contributed by atoms with van der Waals surface area (Å²) in [5.41, 5.74) is 0.0976. The zero-order valence-corrected chi connectivity index (χ0v) is 14.3. The maximum absolute atomic E-state index is 14.8. The number of rotatable bonds is 3. The van der Waals surface area contributed by atoms with Crippen LogP contribution < -0.4 is 4.90 Å². The number of para-hydroxylation sites is 1. The first kappa shape index (κ1) is 16.0. The lowest BCUT2D eigenvalue weighted by atomic mass is 9.75. The molecule has 1 spiro atoms. The Morgan fingerprint density at radius 3 is 2.67 bits per heavy atom. The van der Waals surface area contributed by atoms with Crippen molar-refractivity contribution in [1.82, 2.24) is 9.88 Å². The molecule has 2 aliphatic heterocycles. The molecule has 0 amide bonds. The van der Waals surface area contributed by atoms with Crippen LogP contribution in [-0.2, 0) is 6.54 Å². The third-order valence-electron chi connectivity index (χ3n) is 5.36. The van der Waals surface area contributed by atoms with E-state index in [9.17, 15) is 8.78 Å². The molecule has 0 unspecified atom stereocenters. The number of hydrogen-bond acceptors (Lipinski definition) is 4. The lowest BCUT2D eigenvalue weighted by Gasteiger charge is -2.45. The molecule has 2 saturated heterocycles. The molecule has 0 radical (unpaired) electrons. The van der Waals surface area contributed by atoms with E-state index in [2.05, 4.69) is 14.8 Å². The molecule has 1 aromatic heterocycles. The molecule has 2 aliphatic rings. The van der Waals surface area contributed by atoms with Gasteiger partial charge >= 0.3 is 0 Å². The van der Waals surface area contributed by atoms with Gasteiger partial charge in [-0.25, -0.2) is 13.8 Å². The van der Waals surface area contributed by atoms with Crippen LogP contribution in [0.2, 0.25) is 0 Å². The average Bonchev–Trinajstić information content (AvgIpc) is 3.23. The summed E-state index contributed by atoms with van der Waals surface area (Å²) in [5, 5.41) is 2.95. The van der Waals surface area contributed by atoms with Gasteiger partial charge in [0, 0.05) is 49.9 Å². The van der Waals surface area contributed by atoms with Gasteiger partial charge in [-0.1, -0.05) is 18.2 Å². The molecular formula is C18H21F2N3S. The number of hydrogen-bond donors (Lipinski definition) is 0. The summed E-state index contributed by atoms with van der Waals surface area (Å²) >= 11 is 1.59. The molecule has 0 bridgehead atoms. The van der Waals surface area contributed by atoms with Crippen molar-refractivity contribution in [3.8, 4) is 0 Å². The minimum atomic E-state index is -2.60. The van der Waals surface area contributed by atoms with E-state index in [-0.39, 0.29) is 6.42 Å². The number of halogens is 2. The fourth-order valence-corrected chi connectivity index (χ4v) is 4.66. The molecule has 0 saturated carbocycles. The predicted molar refractivity (Wildman–Crippen MR) is 92.7 cm³/mol. The van der Waals surface area contributed by atoms with E-state index in [1.807, 2.05) is 35.7 Å². The fraction of sp³-hybridized carbons (Fsp3) is 0.500. The number of anilines is 1. The Labute approximate surface area is 144 Å². The monoisotopic (exact) mass is 349 g/mol. The van der Waals surface area contributed by atoms with Crippen molar-refractivity contribution >= 4 is 17.0 Å². The highest BCUT2D eigenvalue weighted by Crippen LogP contribution is 2.50. The Balaban J connectivity index is 1.53. The van der Waals surface area contributed by atoms with Crippen molar-refractivity contribution < 1.29 is 8.78 Å². The lowest BCUT2D eigenvalue weighted by Crippen LogP contribution is -2.56. The standard InChI is InChI=1S/C18H21F2N3S/c19-18(20)7-9-22(12-16-21-8-11-24-16)13-17(18)6-10-23(14-17)15-4-2-1-3-5-15/h1-5,8,11H,6-7,9-10,12-14H2/t17-/m1/s1. The van der Waals surface area contributed by atoms with Gasteiger partial charge in [-0.2, -0.15) is 0 Å². The van der Waals surface area contributed by atoms with E-state index in [4.69, 9.17) is 0 Å². The van der Waals surface area contributed by atoms with Gasteiger partial charge in [-0.15, -0.1) is 11.3 Å².